The number of rotatable bonds is 6. The lowest BCUT2D eigenvalue weighted by atomic mass is 9.95. The van der Waals surface area contributed by atoms with E-state index in [0.29, 0.717) is 18.1 Å². The number of halogens is 1. The first kappa shape index (κ1) is 21.0. The zero-order valence-electron chi connectivity index (χ0n) is 17.1. The Balaban J connectivity index is 1.86. The fourth-order valence-electron chi connectivity index (χ4n) is 3.55. The molecule has 1 N–H and O–H groups in total. The Bertz CT molecular complexity index is 1230. The third-order valence-electron chi connectivity index (χ3n) is 5.00. The number of benzene rings is 2. The first-order valence-corrected chi connectivity index (χ1v) is 9.75. The second-order valence-corrected chi connectivity index (χ2v) is 7.11. The topological polar surface area (TPSA) is 92.9 Å². The molecule has 2 aromatic carbocycles. The summed E-state index contributed by atoms with van der Waals surface area (Å²) in [6.45, 7) is 5.51. The molecule has 0 aliphatic carbocycles. The summed E-state index contributed by atoms with van der Waals surface area (Å²) >= 11 is 0. The molecule has 2 heterocycles. The van der Waals surface area contributed by atoms with E-state index in [4.69, 9.17) is 9.26 Å². The van der Waals surface area contributed by atoms with E-state index in [1.165, 1.54) is 24.3 Å². The predicted octanol–water partition coefficient (Wildman–Crippen LogP) is 4.31. The number of carbonyl (C=O) groups is 2. The molecule has 1 atom stereocenters. The Morgan fingerprint density at radius 3 is 2.59 bits per heavy atom. The molecule has 1 aliphatic heterocycles. The number of nitrogens with zero attached hydrogens (tertiary/aromatic N) is 2. The first-order chi connectivity index (χ1) is 15.4. The number of hydrogen-bond acceptors (Lipinski definition) is 6. The zero-order valence-corrected chi connectivity index (χ0v) is 17.1. The molecule has 0 spiro atoms. The summed E-state index contributed by atoms with van der Waals surface area (Å²) in [5, 5.41) is 14.8. The van der Waals surface area contributed by atoms with E-state index in [-0.39, 0.29) is 22.5 Å². The van der Waals surface area contributed by atoms with Gasteiger partial charge in [-0.15, -0.1) is 0 Å². The number of Topliss-reactive ketones (excluding diaryl/α,β-unsaturated/α-hetero) is 1. The van der Waals surface area contributed by atoms with Crippen LogP contribution in [0.4, 0.5) is 10.2 Å². The van der Waals surface area contributed by atoms with Crippen molar-refractivity contribution in [3.05, 3.63) is 95.5 Å². The number of ketones is 1. The minimum atomic E-state index is -1.22. The van der Waals surface area contributed by atoms with Crippen molar-refractivity contribution in [3.63, 3.8) is 0 Å². The molecule has 4 rings (SSSR count). The molecule has 0 saturated carbocycles. The van der Waals surface area contributed by atoms with Gasteiger partial charge in [0.1, 0.15) is 29.7 Å². The number of amides is 1. The lowest BCUT2D eigenvalue weighted by Gasteiger charge is -2.23. The fraction of sp³-hybridized carbons (Fsp3) is 0.125. The maximum atomic E-state index is 14.8. The second-order valence-electron chi connectivity index (χ2n) is 7.11. The molecule has 1 aromatic heterocycles. The summed E-state index contributed by atoms with van der Waals surface area (Å²) in [5.41, 5.74) is 0.0620. The monoisotopic (exact) mass is 434 g/mol. The lowest BCUT2D eigenvalue weighted by Crippen LogP contribution is -2.30. The van der Waals surface area contributed by atoms with Gasteiger partial charge in [-0.2, -0.15) is 0 Å². The Morgan fingerprint density at radius 2 is 1.97 bits per heavy atom. The summed E-state index contributed by atoms with van der Waals surface area (Å²) in [7, 11) is 0. The molecule has 7 nitrogen and oxygen atoms in total. The molecule has 8 heteroatoms. The number of aliphatic hydroxyl groups is 1. The molecule has 1 aliphatic rings. The fourth-order valence-corrected chi connectivity index (χ4v) is 3.55. The van der Waals surface area contributed by atoms with Crippen LogP contribution in [0, 0.1) is 12.7 Å². The van der Waals surface area contributed by atoms with Crippen LogP contribution in [-0.2, 0) is 9.59 Å². The third-order valence-corrected chi connectivity index (χ3v) is 5.00. The van der Waals surface area contributed by atoms with Crippen LogP contribution in [0.1, 0.15) is 22.9 Å². The van der Waals surface area contributed by atoms with Gasteiger partial charge in [0, 0.05) is 17.2 Å². The van der Waals surface area contributed by atoms with Crippen LogP contribution in [0.5, 0.6) is 5.75 Å². The van der Waals surface area contributed by atoms with Crippen LogP contribution in [0.15, 0.2) is 77.3 Å². The van der Waals surface area contributed by atoms with E-state index in [2.05, 4.69) is 11.7 Å². The summed E-state index contributed by atoms with van der Waals surface area (Å²) in [6.07, 6.45) is 1.59. The maximum absolute atomic E-state index is 14.8. The highest BCUT2D eigenvalue weighted by Crippen LogP contribution is 2.42. The number of aryl methyl sites for hydroxylation is 1. The Kier molecular flexibility index (Phi) is 5.59. The van der Waals surface area contributed by atoms with Gasteiger partial charge in [0.15, 0.2) is 5.82 Å². The number of anilines is 1. The van der Waals surface area contributed by atoms with Crippen LogP contribution in [0.25, 0.3) is 5.76 Å². The summed E-state index contributed by atoms with van der Waals surface area (Å²) in [4.78, 5) is 26.9. The van der Waals surface area contributed by atoms with Crippen molar-refractivity contribution >= 4 is 23.3 Å². The standard InChI is InChI=1S/C24H19FN2O5/c1-3-12-31-16-10-8-15(9-11-16)22(28)20-21(17-6-4-5-7-18(17)25)27(24(30)23(20)29)19-13-14(2)32-26-19/h3-11,13,21,28H,1,12H2,2H3. The van der Waals surface area contributed by atoms with Gasteiger partial charge in [0.05, 0.1) is 11.6 Å². The van der Waals surface area contributed by atoms with Crippen LogP contribution < -0.4 is 9.64 Å². The van der Waals surface area contributed by atoms with Gasteiger partial charge in [0.2, 0.25) is 0 Å². The summed E-state index contributed by atoms with van der Waals surface area (Å²) in [6, 6.07) is 12.3. The first-order valence-electron chi connectivity index (χ1n) is 9.75. The summed E-state index contributed by atoms with van der Waals surface area (Å²) < 4.78 is 25.3. The average Bonchev–Trinajstić information content (AvgIpc) is 3.33. The molecule has 1 fully saturated rings. The Labute approximate surface area is 183 Å². The third kappa shape index (κ3) is 3.66. The van der Waals surface area contributed by atoms with E-state index in [9.17, 15) is 19.1 Å². The molecule has 0 bridgehead atoms. The SMILES string of the molecule is C=CCOc1ccc(C(O)=C2C(=O)C(=O)N(c3cc(C)on3)C2c2ccccc2F)cc1. The average molecular weight is 434 g/mol. The predicted molar refractivity (Wildman–Crippen MR) is 115 cm³/mol. The van der Waals surface area contributed by atoms with E-state index in [1.807, 2.05) is 0 Å². The molecule has 162 valence electrons. The van der Waals surface area contributed by atoms with Crippen LogP contribution >= 0.6 is 0 Å². The molecular formula is C24H19FN2O5. The van der Waals surface area contributed by atoms with E-state index < -0.39 is 29.3 Å². The van der Waals surface area contributed by atoms with Crippen molar-refractivity contribution in [1.82, 2.24) is 5.16 Å². The minimum Gasteiger partial charge on any atom is -0.507 e. The van der Waals surface area contributed by atoms with Crippen molar-refractivity contribution in [3.8, 4) is 5.75 Å². The molecule has 1 saturated heterocycles. The van der Waals surface area contributed by atoms with Gasteiger partial charge in [0.25, 0.3) is 5.78 Å². The van der Waals surface area contributed by atoms with E-state index >= 15 is 0 Å². The summed E-state index contributed by atoms with van der Waals surface area (Å²) in [5.74, 6) is -1.99. The molecule has 3 aromatic rings. The smallest absolute Gasteiger partial charge is 0.301 e. The van der Waals surface area contributed by atoms with Gasteiger partial charge in [-0.25, -0.2) is 4.39 Å². The number of ether oxygens (including phenoxy) is 1. The van der Waals surface area contributed by atoms with Gasteiger partial charge in [-0.05, 0) is 37.3 Å². The Hall–Kier alpha value is -4.20. The zero-order chi connectivity index (χ0) is 22.8. The molecule has 32 heavy (non-hydrogen) atoms. The van der Waals surface area contributed by atoms with Gasteiger partial charge in [-0.1, -0.05) is 36.0 Å². The van der Waals surface area contributed by atoms with Crippen LogP contribution in [0.3, 0.4) is 0 Å². The van der Waals surface area contributed by atoms with Crippen LogP contribution in [0.2, 0.25) is 0 Å². The molecular weight excluding hydrogens is 415 g/mol. The maximum Gasteiger partial charge on any atom is 0.301 e. The number of hydrogen-bond donors (Lipinski definition) is 1. The quantitative estimate of drug-likeness (QED) is 0.269. The number of aliphatic hydroxyl groups excluding tert-OH is 1. The van der Waals surface area contributed by atoms with Crippen LogP contribution in [-0.4, -0.2) is 28.6 Å². The minimum absolute atomic E-state index is 0.0415. The van der Waals surface area contributed by atoms with Crippen molar-refractivity contribution in [2.24, 2.45) is 0 Å². The van der Waals surface area contributed by atoms with Crippen molar-refractivity contribution in [2.75, 3.05) is 11.5 Å². The lowest BCUT2D eigenvalue weighted by molar-refractivity contribution is -0.132. The largest absolute Gasteiger partial charge is 0.507 e. The van der Waals surface area contributed by atoms with Crippen molar-refractivity contribution < 1.29 is 28.3 Å². The van der Waals surface area contributed by atoms with E-state index in [0.717, 1.165) is 4.90 Å². The number of aromatic nitrogens is 1. The Morgan fingerprint density at radius 1 is 1.25 bits per heavy atom. The van der Waals surface area contributed by atoms with Crippen molar-refractivity contribution in [2.45, 2.75) is 13.0 Å². The van der Waals surface area contributed by atoms with Gasteiger partial charge in [-0.3, -0.25) is 14.5 Å². The second kappa shape index (κ2) is 8.50. The molecule has 1 amide bonds. The highest BCUT2D eigenvalue weighted by Gasteiger charge is 2.48. The van der Waals surface area contributed by atoms with Crippen molar-refractivity contribution in [1.29, 1.82) is 0 Å². The molecule has 0 radical (unpaired) electrons. The molecule has 1 unspecified atom stereocenters. The number of carbonyl (C=O) groups excluding carboxylic acids is 2. The highest BCUT2D eigenvalue weighted by atomic mass is 19.1. The van der Waals surface area contributed by atoms with Gasteiger partial charge < -0.3 is 14.4 Å². The normalized spacial score (nSPS) is 17.6. The highest BCUT2D eigenvalue weighted by molar-refractivity contribution is 6.51. The van der Waals surface area contributed by atoms with Gasteiger partial charge >= 0.3 is 5.91 Å². The van der Waals surface area contributed by atoms with E-state index in [1.54, 1.807) is 43.3 Å².